The van der Waals surface area contributed by atoms with Crippen LogP contribution in [0.25, 0.3) is 27.7 Å². The minimum absolute atomic E-state index is 0.200. The number of nitrogens with zero attached hydrogens (tertiary/aromatic N) is 1. The van der Waals surface area contributed by atoms with Crippen molar-refractivity contribution in [3.05, 3.63) is 83.6 Å². The van der Waals surface area contributed by atoms with Gasteiger partial charge < -0.3 is 19.5 Å². The summed E-state index contributed by atoms with van der Waals surface area (Å²) in [7, 11) is 0. The molecule has 0 aliphatic carbocycles. The van der Waals surface area contributed by atoms with E-state index in [0.717, 1.165) is 33.4 Å². The van der Waals surface area contributed by atoms with Crippen molar-refractivity contribution in [2.24, 2.45) is 0 Å². The van der Waals surface area contributed by atoms with Crippen molar-refractivity contribution in [1.29, 1.82) is 0 Å². The first-order valence-corrected chi connectivity index (χ1v) is 10.2. The molecule has 0 unspecified atom stereocenters. The Morgan fingerprint density at radius 1 is 1.00 bits per heavy atom. The second-order valence-corrected chi connectivity index (χ2v) is 8.50. The molecule has 2 heterocycles. The lowest BCUT2D eigenvalue weighted by molar-refractivity contribution is -0.0523. The third kappa shape index (κ3) is 3.01. The number of benzene rings is 3. The lowest BCUT2D eigenvalue weighted by atomic mass is 9.80. The van der Waals surface area contributed by atoms with Gasteiger partial charge >= 0.3 is 5.97 Å². The molecule has 31 heavy (non-hydrogen) atoms. The van der Waals surface area contributed by atoms with E-state index < -0.39 is 5.97 Å². The fourth-order valence-corrected chi connectivity index (χ4v) is 4.46. The highest BCUT2D eigenvalue weighted by molar-refractivity contribution is 6.04. The van der Waals surface area contributed by atoms with Gasteiger partial charge in [0.15, 0.2) is 0 Å². The number of aryl methyl sites for hydroxylation is 1. The van der Waals surface area contributed by atoms with Gasteiger partial charge in [0.1, 0.15) is 5.75 Å². The van der Waals surface area contributed by atoms with Crippen LogP contribution in [0.3, 0.4) is 0 Å². The lowest BCUT2D eigenvalue weighted by Gasteiger charge is -2.40. The van der Waals surface area contributed by atoms with E-state index >= 15 is 0 Å². The van der Waals surface area contributed by atoms with Gasteiger partial charge in [-0.3, -0.25) is 0 Å². The molecule has 5 rings (SSSR count). The van der Waals surface area contributed by atoms with E-state index in [4.69, 9.17) is 4.74 Å². The maximum absolute atomic E-state index is 11.4. The van der Waals surface area contributed by atoms with E-state index in [9.17, 15) is 15.0 Å². The van der Waals surface area contributed by atoms with Crippen molar-refractivity contribution in [2.75, 3.05) is 13.2 Å². The number of aromatic hydroxyl groups is 1. The summed E-state index contributed by atoms with van der Waals surface area (Å²) >= 11 is 0. The smallest absolute Gasteiger partial charge is 0.335 e. The van der Waals surface area contributed by atoms with E-state index in [-0.39, 0.29) is 16.7 Å². The standard InChI is InChI=1S/C26H23NO4/c1-16-6-12-19(13-7-16)27-20-4-3-5-21(28)23(20)22(24(27)26(2)14-31-15-26)17-8-10-18(11-9-17)25(29)30/h3-13,28H,14-15H2,1-2H3,(H,29,30). The van der Waals surface area contributed by atoms with E-state index in [0.29, 0.717) is 13.2 Å². The first-order valence-electron chi connectivity index (χ1n) is 10.2. The van der Waals surface area contributed by atoms with E-state index in [2.05, 4.69) is 42.7 Å². The molecule has 5 nitrogen and oxygen atoms in total. The van der Waals surface area contributed by atoms with E-state index in [1.807, 2.05) is 24.3 Å². The second-order valence-electron chi connectivity index (χ2n) is 8.50. The van der Waals surface area contributed by atoms with Crippen LogP contribution >= 0.6 is 0 Å². The van der Waals surface area contributed by atoms with Crippen LogP contribution in [0, 0.1) is 6.92 Å². The summed E-state index contributed by atoms with van der Waals surface area (Å²) < 4.78 is 7.82. The summed E-state index contributed by atoms with van der Waals surface area (Å²) in [4.78, 5) is 11.4. The molecule has 0 bridgehead atoms. The van der Waals surface area contributed by atoms with E-state index in [1.54, 1.807) is 18.2 Å². The fraction of sp³-hybridized carbons (Fsp3) is 0.192. The highest BCUT2D eigenvalue weighted by atomic mass is 16.5. The third-order valence-corrected chi connectivity index (χ3v) is 6.10. The molecule has 1 aromatic heterocycles. The number of aromatic nitrogens is 1. The van der Waals surface area contributed by atoms with Gasteiger partial charge in [0.2, 0.25) is 0 Å². The van der Waals surface area contributed by atoms with Crippen LogP contribution in [0.2, 0.25) is 0 Å². The van der Waals surface area contributed by atoms with Crippen molar-refractivity contribution in [3.63, 3.8) is 0 Å². The first kappa shape index (κ1) is 19.4. The molecule has 4 aromatic rings. The van der Waals surface area contributed by atoms with Gasteiger partial charge in [-0.05, 0) is 55.8 Å². The molecule has 0 radical (unpaired) electrons. The second kappa shape index (κ2) is 7.00. The van der Waals surface area contributed by atoms with Crippen molar-refractivity contribution in [1.82, 2.24) is 4.57 Å². The predicted molar refractivity (Wildman–Crippen MR) is 120 cm³/mol. The lowest BCUT2D eigenvalue weighted by Crippen LogP contribution is -2.45. The largest absolute Gasteiger partial charge is 0.507 e. The molecule has 3 aromatic carbocycles. The van der Waals surface area contributed by atoms with Gasteiger partial charge in [0, 0.05) is 22.3 Å². The van der Waals surface area contributed by atoms with Gasteiger partial charge in [-0.25, -0.2) is 4.79 Å². The van der Waals surface area contributed by atoms with Crippen LogP contribution in [0.15, 0.2) is 66.7 Å². The van der Waals surface area contributed by atoms with Crippen molar-refractivity contribution in [3.8, 4) is 22.6 Å². The molecular weight excluding hydrogens is 390 g/mol. The Labute approximate surface area is 180 Å². The van der Waals surface area contributed by atoms with Crippen molar-refractivity contribution < 1.29 is 19.7 Å². The summed E-state index contributed by atoms with van der Waals surface area (Å²) in [6, 6.07) is 20.7. The predicted octanol–water partition coefficient (Wildman–Crippen LogP) is 5.30. The maximum Gasteiger partial charge on any atom is 0.335 e. The molecule has 1 aliphatic rings. The molecule has 0 spiro atoms. The highest BCUT2D eigenvalue weighted by Crippen LogP contribution is 2.48. The highest BCUT2D eigenvalue weighted by Gasteiger charge is 2.42. The normalized spacial score (nSPS) is 15.0. The number of phenols is 1. The van der Waals surface area contributed by atoms with Gasteiger partial charge in [-0.1, -0.05) is 35.9 Å². The van der Waals surface area contributed by atoms with Crippen molar-refractivity contribution >= 4 is 16.9 Å². The zero-order valence-corrected chi connectivity index (χ0v) is 17.4. The Kier molecular flexibility index (Phi) is 4.38. The summed E-state index contributed by atoms with van der Waals surface area (Å²) in [5.41, 5.74) is 5.92. The van der Waals surface area contributed by atoms with Gasteiger partial charge in [0.25, 0.3) is 0 Å². The molecule has 1 saturated heterocycles. The minimum Gasteiger partial charge on any atom is -0.507 e. The number of aromatic carboxylic acids is 1. The number of carbonyl (C=O) groups is 1. The zero-order valence-electron chi connectivity index (χ0n) is 17.4. The van der Waals surface area contributed by atoms with E-state index in [1.165, 1.54) is 5.56 Å². The molecule has 2 N–H and O–H groups in total. The van der Waals surface area contributed by atoms with Gasteiger partial charge in [-0.2, -0.15) is 0 Å². The number of hydrogen-bond acceptors (Lipinski definition) is 3. The van der Waals surface area contributed by atoms with Crippen molar-refractivity contribution in [2.45, 2.75) is 19.3 Å². The van der Waals surface area contributed by atoms with Crippen LogP contribution in [0.5, 0.6) is 5.75 Å². The Morgan fingerprint density at radius 2 is 1.68 bits per heavy atom. The minimum atomic E-state index is -0.962. The number of phenolic OH excluding ortho intramolecular Hbond substituents is 1. The molecule has 156 valence electrons. The van der Waals surface area contributed by atoms with Gasteiger partial charge in [0.05, 0.1) is 29.7 Å². The monoisotopic (exact) mass is 413 g/mol. The topological polar surface area (TPSA) is 71.7 Å². The average Bonchev–Trinajstić information content (AvgIpc) is 3.09. The van der Waals surface area contributed by atoms with Gasteiger partial charge in [-0.15, -0.1) is 0 Å². The SMILES string of the molecule is Cc1ccc(-n2c(C3(C)COC3)c(-c3ccc(C(=O)O)cc3)c3c(O)cccc32)cc1. The molecule has 1 aliphatic heterocycles. The van der Waals surface area contributed by atoms with Crippen LogP contribution in [0.4, 0.5) is 0 Å². The van der Waals surface area contributed by atoms with Crippen LogP contribution in [0.1, 0.15) is 28.5 Å². The third-order valence-electron chi connectivity index (χ3n) is 6.10. The van der Waals surface area contributed by atoms with Crippen LogP contribution in [-0.4, -0.2) is 34.0 Å². The molecule has 0 atom stereocenters. The fourth-order valence-electron chi connectivity index (χ4n) is 4.46. The van der Waals surface area contributed by atoms with Crippen LogP contribution in [-0.2, 0) is 10.2 Å². The first-order chi connectivity index (χ1) is 14.9. The molecule has 0 saturated carbocycles. The maximum atomic E-state index is 11.4. The molecule has 1 fully saturated rings. The Hall–Kier alpha value is -3.57. The number of ether oxygens (including phenoxy) is 1. The number of hydrogen-bond donors (Lipinski definition) is 2. The Bertz CT molecular complexity index is 1300. The molecular formula is C26H23NO4. The number of carboxylic acid groups (broad SMARTS) is 1. The molecule has 5 heteroatoms. The summed E-state index contributed by atoms with van der Waals surface area (Å²) in [6.45, 7) is 5.38. The quantitative estimate of drug-likeness (QED) is 0.476. The Morgan fingerprint density at radius 3 is 2.26 bits per heavy atom. The number of fused-ring (bicyclic) bond motifs is 1. The average molecular weight is 413 g/mol. The summed E-state index contributed by atoms with van der Waals surface area (Å²) in [6.07, 6.45) is 0. The Balaban J connectivity index is 1.89. The summed E-state index contributed by atoms with van der Waals surface area (Å²) in [5, 5.41) is 21.0. The zero-order chi connectivity index (χ0) is 21.8. The number of carboxylic acids is 1. The molecule has 0 amide bonds. The van der Waals surface area contributed by atoms with Crippen LogP contribution < -0.4 is 0 Å². The number of rotatable bonds is 4. The summed E-state index contributed by atoms with van der Waals surface area (Å²) in [5.74, 6) is -0.762.